The molecule has 0 bridgehead atoms. The average Bonchev–Trinajstić information content (AvgIpc) is 2.38. The summed E-state index contributed by atoms with van der Waals surface area (Å²) in [6, 6.07) is 0.662. The lowest BCUT2D eigenvalue weighted by Crippen LogP contribution is -2.49. The molecule has 2 unspecified atom stereocenters. The maximum Gasteiger partial charge on any atom is 0.0701 e. The van der Waals surface area contributed by atoms with E-state index in [2.05, 4.69) is 44.8 Å². The molecule has 0 aromatic rings. The van der Waals surface area contributed by atoms with Crippen molar-refractivity contribution in [1.29, 1.82) is 0 Å². The van der Waals surface area contributed by atoms with E-state index in [4.69, 9.17) is 4.74 Å². The van der Waals surface area contributed by atoms with Crippen LogP contribution >= 0.6 is 11.8 Å². The second-order valence-electron chi connectivity index (χ2n) is 7.83. The van der Waals surface area contributed by atoms with Gasteiger partial charge in [0, 0.05) is 12.6 Å². The molecule has 20 heavy (non-hydrogen) atoms. The van der Waals surface area contributed by atoms with Crippen molar-refractivity contribution in [1.82, 2.24) is 5.32 Å². The standard InChI is InChI=1S/C17H33NOS/c1-5-18-15(13-16(2,3)4)14-6-9-19-17(12-14)7-10-20-11-8-17/h14-15,18H,5-13H2,1-4H3. The topological polar surface area (TPSA) is 21.3 Å². The van der Waals surface area contributed by atoms with Gasteiger partial charge < -0.3 is 10.1 Å². The number of ether oxygens (including phenoxy) is 1. The largest absolute Gasteiger partial charge is 0.375 e. The Kier molecular flexibility index (Phi) is 5.84. The molecule has 0 saturated carbocycles. The highest BCUT2D eigenvalue weighted by molar-refractivity contribution is 7.99. The van der Waals surface area contributed by atoms with E-state index >= 15 is 0 Å². The zero-order valence-electron chi connectivity index (χ0n) is 13.8. The fourth-order valence-electron chi connectivity index (χ4n) is 3.83. The predicted octanol–water partition coefficient (Wildman–Crippen LogP) is 4.09. The molecule has 2 atom stereocenters. The van der Waals surface area contributed by atoms with Gasteiger partial charge in [-0.3, -0.25) is 0 Å². The Morgan fingerprint density at radius 1 is 1.30 bits per heavy atom. The minimum Gasteiger partial charge on any atom is -0.375 e. The summed E-state index contributed by atoms with van der Waals surface area (Å²) in [5.74, 6) is 3.38. The monoisotopic (exact) mass is 299 g/mol. The summed E-state index contributed by atoms with van der Waals surface area (Å²) >= 11 is 2.10. The summed E-state index contributed by atoms with van der Waals surface area (Å²) in [6.45, 7) is 11.4. The summed E-state index contributed by atoms with van der Waals surface area (Å²) in [5, 5.41) is 3.77. The first kappa shape index (κ1) is 16.6. The number of nitrogens with one attached hydrogen (secondary N) is 1. The van der Waals surface area contributed by atoms with Crippen LogP contribution in [0.5, 0.6) is 0 Å². The van der Waals surface area contributed by atoms with E-state index < -0.39 is 0 Å². The molecule has 1 spiro atoms. The third kappa shape index (κ3) is 4.64. The van der Waals surface area contributed by atoms with Gasteiger partial charge in [-0.25, -0.2) is 0 Å². The van der Waals surface area contributed by atoms with Crippen molar-refractivity contribution in [3.63, 3.8) is 0 Å². The van der Waals surface area contributed by atoms with Crippen molar-refractivity contribution in [3.05, 3.63) is 0 Å². The third-order valence-corrected chi connectivity index (χ3v) is 5.79. The normalized spacial score (nSPS) is 28.5. The SMILES string of the molecule is CCNC(CC(C)(C)C)C1CCOC2(CCSCC2)C1. The Hall–Kier alpha value is 0.270. The number of hydrogen-bond donors (Lipinski definition) is 1. The Labute approximate surface area is 129 Å². The van der Waals surface area contributed by atoms with Gasteiger partial charge in [0.1, 0.15) is 0 Å². The molecule has 2 fully saturated rings. The van der Waals surface area contributed by atoms with Gasteiger partial charge in [-0.2, -0.15) is 11.8 Å². The van der Waals surface area contributed by atoms with Gasteiger partial charge in [0.15, 0.2) is 0 Å². The number of hydrogen-bond acceptors (Lipinski definition) is 3. The highest BCUT2D eigenvalue weighted by Crippen LogP contribution is 2.42. The molecule has 2 heterocycles. The summed E-state index contributed by atoms with van der Waals surface area (Å²) in [7, 11) is 0. The molecule has 0 amide bonds. The Morgan fingerprint density at radius 2 is 2.00 bits per heavy atom. The van der Waals surface area contributed by atoms with Gasteiger partial charge in [0.25, 0.3) is 0 Å². The van der Waals surface area contributed by atoms with Crippen LogP contribution in [0, 0.1) is 11.3 Å². The zero-order valence-corrected chi connectivity index (χ0v) is 14.7. The summed E-state index contributed by atoms with van der Waals surface area (Å²) in [4.78, 5) is 0. The Morgan fingerprint density at radius 3 is 2.60 bits per heavy atom. The third-order valence-electron chi connectivity index (χ3n) is 4.80. The molecule has 0 aliphatic carbocycles. The van der Waals surface area contributed by atoms with Gasteiger partial charge in [-0.1, -0.05) is 27.7 Å². The molecule has 1 N–H and O–H groups in total. The van der Waals surface area contributed by atoms with Crippen molar-refractivity contribution in [2.45, 2.75) is 71.4 Å². The first-order valence-electron chi connectivity index (χ1n) is 8.39. The molecule has 2 aliphatic rings. The van der Waals surface area contributed by atoms with Crippen LogP contribution in [0.3, 0.4) is 0 Å². The quantitative estimate of drug-likeness (QED) is 0.844. The van der Waals surface area contributed by atoms with Crippen LogP contribution in [-0.2, 0) is 4.74 Å². The van der Waals surface area contributed by atoms with Crippen molar-refractivity contribution in [2.75, 3.05) is 24.7 Å². The number of rotatable bonds is 4. The lowest BCUT2D eigenvalue weighted by atomic mass is 9.74. The highest BCUT2D eigenvalue weighted by Gasteiger charge is 2.41. The molecule has 2 nitrogen and oxygen atoms in total. The van der Waals surface area contributed by atoms with E-state index in [0.29, 0.717) is 11.5 Å². The fraction of sp³-hybridized carbons (Fsp3) is 1.00. The van der Waals surface area contributed by atoms with Crippen LogP contribution in [-0.4, -0.2) is 36.3 Å². The van der Waals surface area contributed by atoms with Crippen LogP contribution in [0.2, 0.25) is 0 Å². The number of thioether (sulfide) groups is 1. The van der Waals surface area contributed by atoms with E-state index in [1.807, 2.05) is 0 Å². The average molecular weight is 300 g/mol. The highest BCUT2D eigenvalue weighted by atomic mass is 32.2. The van der Waals surface area contributed by atoms with Crippen molar-refractivity contribution >= 4 is 11.8 Å². The minimum atomic E-state index is 0.222. The van der Waals surface area contributed by atoms with Crippen LogP contribution in [0.4, 0.5) is 0 Å². The minimum absolute atomic E-state index is 0.222. The molecule has 2 rings (SSSR count). The van der Waals surface area contributed by atoms with Gasteiger partial charge >= 0.3 is 0 Å². The van der Waals surface area contributed by atoms with E-state index in [0.717, 1.165) is 19.1 Å². The molecular weight excluding hydrogens is 266 g/mol. The first-order chi connectivity index (χ1) is 9.44. The van der Waals surface area contributed by atoms with Gasteiger partial charge in [-0.05, 0) is 61.5 Å². The summed E-state index contributed by atoms with van der Waals surface area (Å²) in [5.41, 5.74) is 0.625. The van der Waals surface area contributed by atoms with Crippen LogP contribution in [0.1, 0.15) is 59.8 Å². The maximum atomic E-state index is 6.25. The van der Waals surface area contributed by atoms with Crippen LogP contribution in [0.15, 0.2) is 0 Å². The van der Waals surface area contributed by atoms with E-state index in [1.165, 1.54) is 43.6 Å². The zero-order chi connectivity index (χ0) is 14.6. The molecular formula is C17H33NOS. The van der Waals surface area contributed by atoms with Crippen molar-refractivity contribution < 1.29 is 4.74 Å². The molecule has 2 aliphatic heterocycles. The smallest absolute Gasteiger partial charge is 0.0701 e. The first-order valence-corrected chi connectivity index (χ1v) is 9.55. The molecule has 2 saturated heterocycles. The summed E-state index contributed by atoms with van der Waals surface area (Å²) in [6.07, 6.45) is 6.32. The second kappa shape index (κ2) is 7.02. The Bertz CT molecular complexity index is 288. The van der Waals surface area contributed by atoms with Gasteiger partial charge in [0.05, 0.1) is 5.60 Å². The van der Waals surface area contributed by atoms with Gasteiger partial charge in [0.2, 0.25) is 0 Å². The maximum absolute atomic E-state index is 6.25. The van der Waals surface area contributed by atoms with Gasteiger partial charge in [-0.15, -0.1) is 0 Å². The summed E-state index contributed by atoms with van der Waals surface area (Å²) < 4.78 is 6.25. The van der Waals surface area contributed by atoms with E-state index in [1.54, 1.807) is 0 Å². The fourth-order valence-corrected chi connectivity index (χ4v) is 5.07. The molecule has 0 aromatic heterocycles. The van der Waals surface area contributed by atoms with E-state index in [9.17, 15) is 0 Å². The molecule has 0 aromatic carbocycles. The Balaban J connectivity index is 2.00. The second-order valence-corrected chi connectivity index (χ2v) is 9.05. The van der Waals surface area contributed by atoms with Crippen molar-refractivity contribution in [3.8, 4) is 0 Å². The molecule has 118 valence electrons. The van der Waals surface area contributed by atoms with Crippen LogP contribution < -0.4 is 5.32 Å². The predicted molar refractivity (Wildman–Crippen MR) is 89.5 cm³/mol. The molecule has 0 radical (unpaired) electrons. The van der Waals surface area contributed by atoms with Crippen LogP contribution in [0.25, 0.3) is 0 Å². The lowest BCUT2D eigenvalue weighted by Gasteiger charge is -2.46. The van der Waals surface area contributed by atoms with Crippen molar-refractivity contribution in [2.24, 2.45) is 11.3 Å². The molecule has 3 heteroatoms. The lowest BCUT2D eigenvalue weighted by molar-refractivity contribution is -0.108. The van der Waals surface area contributed by atoms with E-state index in [-0.39, 0.29) is 5.60 Å².